The van der Waals surface area contributed by atoms with E-state index in [9.17, 15) is 14.7 Å². The van der Waals surface area contributed by atoms with Crippen molar-refractivity contribution in [3.8, 4) is 0 Å². The van der Waals surface area contributed by atoms with Gasteiger partial charge in [-0.1, -0.05) is 30.3 Å². The van der Waals surface area contributed by atoms with Crippen molar-refractivity contribution in [2.45, 2.75) is 18.3 Å². The average molecular weight is 236 g/mol. The van der Waals surface area contributed by atoms with E-state index in [1.807, 2.05) is 6.07 Å². The van der Waals surface area contributed by atoms with E-state index < -0.39 is 23.6 Å². The molecule has 0 radical (unpaired) electrons. The second-order valence-electron chi connectivity index (χ2n) is 3.78. The summed E-state index contributed by atoms with van der Waals surface area (Å²) in [5, 5.41) is 9.81. The van der Waals surface area contributed by atoms with Gasteiger partial charge in [0.2, 0.25) is 5.78 Å². The Morgan fingerprint density at radius 1 is 1.47 bits per heavy atom. The van der Waals surface area contributed by atoms with Gasteiger partial charge < -0.3 is 14.6 Å². The van der Waals surface area contributed by atoms with Crippen molar-refractivity contribution < 1.29 is 24.2 Å². The number of ether oxygens (including phenoxy) is 2. The number of esters is 1. The van der Waals surface area contributed by atoms with Gasteiger partial charge in [-0.3, -0.25) is 4.79 Å². The molecule has 0 amide bonds. The molecule has 0 saturated carbocycles. The van der Waals surface area contributed by atoms with Gasteiger partial charge in [0.25, 0.3) is 0 Å². The lowest BCUT2D eigenvalue weighted by atomic mass is 10.0. The first-order valence-corrected chi connectivity index (χ1v) is 5.15. The van der Waals surface area contributed by atoms with Crippen LogP contribution in [0.4, 0.5) is 0 Å². The minimum absolute atomic E-state index is 0.0460. The maximum Gasteiger partial charge on any atom is 0.374 e. The zero-order valence-corrected chi connectivity index (χ0v) is 9.25. The first-order valence-electron chi connectivity index (χ1n) is 5.15. The van der Waals surface area contributed by atoms with Crippen LogP contribution in [0.3, 0.4) is 0 Å². The number of aliphatic hydroxyl groups is 1. The highest BCUT2D eigenvalue weighted by molar-refractivity contribution is 6.06. The quantitative estimate of drug-likeness (QED) is 0.600. The maximum absolute atomic E-state index is 11.6. The number of Topliss-reactive ketones (excluding diaryl/α,β-unsaturated/α-hetero) is 1. The van der Waals surface area contributed by atoms with Gasteiger partial charge >= 0.3 is 11.8 Å². The van der Waals surface area contributed by atoms with Gasteiger partial charge in [-0.25, -0.2) is 4.79 Å². The predicted molar refractivity (Wildman–Crippen MR) is 56.9 cm³/mol. The highest BCUT2D eigenvalue weighted by Crippen LogP contribution is 2.35. The molecule has 5 heteroatoms. The van der Waals surface area contributed by atoms with E-state index in [4.69, 9.17) is 4.74 Å². The van der Waals surface area contributed by atoms with E-state index in [2.05, 4.69) is 4.74 Å². The lowest BCUT2D eigenvalue weighted by molar-refractivity contribution is -0.217. The van der Waals surface area contributed by atoms with Crippen molar-refractivity contribution in [3.05, 3.63) is 35.9 Å². The van der Waals surface area contributed by atoms with Crippen LogP contribution < -0.4 is 0 Å². The summed E-state index contributed by atoms with van der Waals surface area (Å²) in [6.45, 7) is 0. The molecule has 17 heavy (non-hydrogen) atoms. The van der Waals surface area contributed by atoms with Crippen LogP contribution in [0.2, 0.25) is 0 Å². The third-order valence-electron chi connectivity index (χ3n) is 2.69. The molecule has 0 aliphatic carbocycles. The van der Waals surface area contributed by atoms with E-state index in [-0.39, 0.29) is 6.42 Å². The summed E-state index contributed by atoms with van der Waals surface area (Å²) in [4.78, 5) is 22.9. The number of ketones is 1. The molecule has 2 unspecified atom stereocenters. The predicted octanol–water partition coefficient (Wildman–Crippen LogP) is 0.579. The van der Waals surface area contributed by atoms with Gasteiger partial charge in [-0.2, -0.15) is 0 Å². The Balaban J connectivity index is 2.23. The molecule has 0 spiro atoms. The Morgan fingerprint density at radius 2 is 2.12 bits per heavy atom. The largest absolute Gasteiger partial charge is 0.465 e. The van der Waals surface area contributed by atoms with Crippen LogP contribution in [0.1, 0.15) is 18.1 Å². The summed E-state index contributed by atoms with van der Waals surface area (Å²) < 4.78 is 9.49. The summed E-state index contributed by atoms with van der Waals surface area (Å²) in [5.74, 6) is -4.23. The highest BCUT2D eigenvalue weighted by atomic mass is 16.7. The van der Waals surface area contributed by atoms with E-state index in [0.29, 0.717) is 0 Å². The first-order chi connectivity index (χ1) is 8.08. The van der Waals surface area contributed by atoms with E-state index in [1.165, 1.54) is 0 Å². The minimum atomic E-state index is -2.46. The SMILES string of the molecule is COC(=O)C1(O)OC(c2ccccc2)CC1=O. The minimum Gasteiger partial charge on any atom is -0.465 e. The van der Waals surface area contributed by atoms with Crippen LogP contribution in [0, 0.1) is 0 Å². The molecule has 1 N–H and O–H groups in total. The summed E-state index contributed by atoms with van der Waals surface area (Å²) in [6, 6.07) is 8.94. The van der Waals surface area contributed by atoms with E-state index >= 15 is 0 Å². The molecule has 0 aromatic heterocycles. The lowest BCUT2D eigenvalue weighted by Gasteiger charge is -2.18. The monoisotopic (exact) mass is 236 g/mol. The molecule has 0 bridgehead atoms. The average Bonchev–Trinajstić information content (AvgIpc) is 2.67. The van der Waals surface area contributed by atoms with Crippen LogP contribution in [0.5, 0.6) is 0 Å². The second-order valence-corrected chi connectivity index (χ2v) is 3.78. The van der Waals surface area contributed by atoms with Crippen molar-refractivity contribution >= 4 is 11.8 Å². The molecule has 1 aromatic carbocycles. The van der Waals surface area contributed by atoms with Crippen molar-refractivity contribution in [2.75, 3.05) is 7.11 Å². The Morgan fingerprint density at radius 3 is 2.71 bits per heavy atom. The molecule has 90 valence electrons. The standard InChI is InChI=1S/C12H12O5/c1-16-11(14)12(15)10(13)7-9(17-12)8-5-3-2-4-6-8/h2-6,9,15H,7H2,1H3. The molecular weight excluding hydrogens is 224 g/mol. The molecule has 1 aliphatic heterocycles. The smallest absolute Gasteiger partial charge is 0.374 e. The second kappa shape index (κ2) is 4.27. The fraction of sp³-hybridized carbons (Fsp3) is 0.333. The molecule has 2 rings (SSSR count). The van der Waals surface area contributed by atoms with Gasteiger partial charge in [-0.15, -0.1) is 0 Å². The van der Waals surface area contributed by atoms with E-state index in [0.717, 1.165) is 12.7 Å². The summed E-state index contributed by atoms with van der Waals surface area (Å²) in [5.41, 5.74) is 0.737. The van der Waals surface area contributed by atoms with Crippen LogP contribution in [0.25, 0.3) is 0 Å². The van der Waals surface area contributed by atoms with Gasteiger partial charge in [0.15, 0.2) is 0 Å². The number of hydrogen-bond acceptors (Lipinski definition) is 5. The fourth-order valence-electron chi connectivity index (χ4n) is 1.77. The molecule has 2 atom stereocenters. The maximum atomic E-state index is 11.6. The van der Waals surface area contributed by atoms with Crippen LogP contribution in [-0.2, 0) is 19.1 Å². The molecule has 1 fully saturated rings. The fourth-order valence-corrected chi connectivity index (χ4v) is 1.77. The van der Waals surface area contributed by atoms with Gasteiger partial charge in [-0.05, 0) is 5.56 Å². The van der Waals surface area contributed by atoms with Crippen molar-refractivity contribution in [2.24, 2.45) is 0 Å². The molecule has 1 aliphatic rings. The van der Waals surface area contributed by atoms with Crippen molar-refractivity contribution in [1.29, 1.82) is 0 Å². The van der Waals surface area contributed by atoms with Crippen LogP contribution >= 0.6 is 0 Å². The zero-order valence-electron chi connectivity index (χ0n) is 9.25. The number of hydrogen-bond donors (Lipinski definition) is 1. The van der Waals surface area contributed by atoms with Crippen LogP contribution in [0.15, 0.2) is 30.3 Å². The summed E-state index contributed by atoms with van der Waals surface area (Å²) in [7, 11) is 1.09. The summed E-state index contributed by atoms with van der Waals surface area (Å²) >= 11 is 0. The van der Waals surface area contributed by atoms with Crippen LogP contribution in [-0.4, -0.2) is 29.8 Å². The number of rotatable bonds is 2. The molecule has 1 heterocycles. The molecule has 1 saturated heterocycles. The van der Waals surface area contributed by atoms with Gasteiger partial charge in [0.1, 0.15) is 0 Å². The van der Waals surface area contributed by atoms with Gasteiger partial charge in [0, 0.05) is 6.42 Å². The highest BCUT2D eigenvalue weighted by Gasteiger charge is 2.54. The topological polar surface area (TPSA) is 72.8 Å². The third-order valence-corrected chi connectivity index (χ3v) is 2.69. The summed E-state index contributed by atoms with van der Waals surface area (Å²) in [6.07, 6.45) is -0.664. The Labute approximate surface area is 98.0 Å². The Kier molecular flexibility index (Phi) is 2.95. The van der Waals surface area contributed by atoms with Gasteiger partial charge in [0.05, 0.1) is 13.2 Å². The molecular formula is C12H12O5. The number of carbonyl (C=O) groups is 2. The molecule has 1 aromatic rings. The van der Waals surface area contributed by atoms with E-state index in [1.54, 1.807) is 24.3 Å². The Hall–Kier alpha value is -1.72. The van der Waals surface area contributed by atoms with Crippen molar-refractivity contribution in [1.82, 2.24) is 0 Å². The lowest BCUT2D eigenvalue weighted by Crippen LogP contribution is -2.45. The normalized spacial score (nSPS) is 28.1. The molecule has 5 nitrogen and oxygen atoms in total. The third kappa shape index (κ3) is 1.94. The first kappa shape index (κ1) is 11.8. The van der Waals surface area contributed by atoms with Crippen molar-refractivity contribution in [3.63, 3.8) is 0 Å². The zero-order chi connectivity index (χ0) is 12.5. The number of carbonyl (C=O) groups excluding carboxylic acids is 2. The Bertz CT molecular complexity index is 441. The number of methoxy groups -OCH3 is 1. The number of benzene rings is 1.